The number of H-pyrrole nitrogens is 1. The van der Waals surface area contributed by atoms with Crippen LogP contribution in [0.4, 0.5) is 18.9 Å². The van der Waals surface area contributed by atoms with Gasteiger partial charge in [-0.25, -0.2) is 4.98 Å². The van der Waals surface area contributed by atoms with E-state index in [1.807, 2.05) is 4.90 Å². The van der Waals surface area contributed by atoms with Gasteiger partial charge in [-0.05, 0) is 36.4 Å². The minimum Gasteiger partial charge on any atom is -0.369 e. The predicted octanol–water partition coefficient (Wildman–Crippen LogP) is 3.92. The first-order valence-corrected chi connectivity index (χ1v) is 9.50. The molecule has 1 fully saturated rings. The normalized spacial score (nSPS) is 15.8. The second-order valence-corrected chi connectivity index (χ2v) is 7.42. The molecule has 0 amide bonds. The smallest absolute Gasteiger partial charge is 0.369 e. The molecular weight excluding hydrogens is 405 g/mol. The van der Waals surface area contributed by atoms with Gasteiger partial charge in [-0.2, -0.15) is 13.2 Å². The number of rotatable bonds is 3. The zero-order chi connectivity index (χ0) is 20.6. The van der Waals surface area contributed by atoms with Crippen LogP contribution in [-0.2, 0) is 12.7 Å². The molecule has 1 N–H and O–H groups in total. The third-order valence-electron chi connectivity index (χ3n) is 5.00. The lowest BCUT2D eigenvalue weighted by molar-refractivity contribution is -0.137. The lowest BCUT2D eigenvalue weighted by Gasteiger charge is -2.36. The number of halogens is 4. The van der Waals surface area contributed by atoms with Crippen molar-refractivity contribution in [2.24, 2.45) is 0 Å². The third-order valence-corrected chi connectivity index (χ3v) is 5.24. The molecule has 0 aliphatic carbocycles. The monoisotopic (exact) mass is 422 g/mol. The summed E-state index contributed by atoms with van der Waals surface area (Å²) in [5, 5.41) is 0.990. The van der Waals surface area contributed by atoms with Crippen molar-refractivity contribution >= 4 is 28.2 Å². The number of hydrogen-bond donors (Lipinski definition) is 1. The van der Waals surface area contributed by atoms with Gasteiger partial charge in [0.1, 0.15) is 5.82 Å². The molecule has 0 atom stereocenters. The van der Waals surface area contributed by atoms with Gasteiger partial charge in [-0.3, -0.25) is 9.69 Å². The number of alkyl halides is 3. The highest BCUT2D eigenvalue weighted by atomic mass is 35.5. The maximum Gasteiger partial charge on any atom is 0.416 e. The molecule has 1 saturated heterocycles. The lowest BCUT2D eigenvalue weighted by Crippen LogP contribution is -2.46. The van der Waals surface area contributed by atoms with Gasteiger partial charge in [0.05, 0.1) is 23.0 Å². The minimum absolute atomic E-state index is 0.218. The Morgan fingerprint density at radius 2 is 1.83 bits per heavy atom. The van der Waals surface area contributed by atoms with E-state index in [1.165, 1.54) is 12.1 Å². The van der Waals surface area contributed by atoms with Gasteiger partial charge in [0, 0.05) is 36.9 Å². The van der Waals surface area contributed by atoms with Gasteiger partial charge in [-0.15, -0.1) is 0 Å². The summed E-state index contributed by atoms with van der Waals surface area (Å²) in [4.78, 5) is 23.6. The highest BCUT2D eigenvalue weighted by Crippen LogP contribution is 2.31. The summed E-state index contributed by atoms with van der Waals surface area (Å²) in [5.41, 5.74) is 0.239. The van der Waals surface area contributed by atoms with E-state index in [4.69, 9.17) is 11.6 Å². The van der Waals surface area contributed by atoms with Crippen molar-refractivity contribution in [2.75, 3.05) is 31.1 Å². The van der Waals surface area contributed by atoms with Gasteiger partial charge in [-0.1, -0.05) is 17.7 Å². The van der Waals surface area contributed by atoms with Crippen LogP contribution in [0.25, 0.3) is 10.9 Å². The summed E-state index contributed by atoms with van der Waals surface area (Å²) in [6, 6.07) is 10.3. The largest absolute Gasteiger partial charge is 0.416 e. The van der Waals surface area contributed by atoms with Gasteiger partial charge in [0.25, 0.3) is 5.56 Å². The van der Waals surface area contributed by atoms with Crippen molar-refractivity contribution in [2.45, 2.75) is 12.7 Å². The van der Waals surface area contributed by atoms with E-state index in [1.54, 1.807) is 24.3 Å². The van der Waals surface area contributed by atoms with Crippen molar-refractivity contribution in [3.05, 3.63) is 69.2 Å². The first-order valence-electron chi connectivity index (χ1n) is 9.12. The molecule has 0 spiro atoms. The number of nitrogens with one attached hydrogen (secondary N) is 1. The number of aromatic amines is 1. The number of piperazine rings is 1. The van der Waals surface area contributed by atoms with E-state index in [0.717, 1.165) is 6.07 Å². The summed E-state index contributed by atoms with van der Waals surface area (Å²) in [6.07, 6.45) is -4.35. The number of benzene rings is 2. The number of nitrogens with zero attached hydrogens (tertiary/aromatic N) is 3. The fourth-order valence-corrected chi connectivity index (χ4v) is 3.66. The highest BCUT2D eigenvalue weighted by molar-refractivity contribution is 6.31. The fraction of sp³-hybridized carbons (Fsp3) is 0.300. The molecule has 4 rings (SSSR count). The van der Waals surface area contributed by atoms with Gasteiger partial charge in [0.2, 0.25) is 0 Å². The molecule has 152 valence electrons. The SMILES string of the molecule is O=c1[nH]c(CN2CCN(c3cccc(C(F)(F)F)c3)CC2)nc2cc(Cl)ccc12. The molecule has 1 aromatic heterocycles. The van der Waals surface area contributed by atoms with Crippen molar-refractivity contribution in [1.29, 1.82) is 0 Å². The summed E-state index contributed by atoms with van der Waals surface area (Å²) in [7, 11) is 0. The van der Waals surface area contributed by atoms with Gasteiger partial charge in [0.15, 0.2) is 0 Å². The van der Waals surface area contributed by atoms with Crippen LogP contribution < -0.4 is 10.5 Å². The van der Waals surface area contributed by atoms with Gasteiger partial charge >= 0.3 is 6.18 Å². The minimum atomic E-state index is -4.35. The van der Waals surface area contributed by atoms with Crippen LogP contribution in [0.2, 0.25) is 5.02 Å². The average molecular weight is 423 g/mol. The summed E-state index contributed by atoms with van der Waals surface area (Å²) in [5.74, 6) is 0.539. The Labute approximate surface area is 169 Å². The number of hydrogen-bond acceptors (Lipinski definition) is 4. The number of fused-ring (bicyclic) bond motifs is 1. The number of anilines is 1. The van der Waals surface area contributed by atoms with E-state index in [0.29, 0.717) is 60.2 Å². The molecule has 9 heteroatoms. The molecule has 1 aliphatic rings. The highest BCUT2D eigenvalue weighted by Gasteiger charge is 2.31. The Hall–Kier alpha value is -2.58. The van der Waals surface area contributed by atoms with E-state index in [9.17, 15) is 18.0 Å². The lowest BCUT2D eigenvalue weighted by atomic mass is 10.1. The Balaban J connectivity index is 1.44. The molecule has 0 unspecified atom stereocenters. The summed E-state index contributed by atoms with van der Waals surface area (Å²) < 4.78 is 38.8. The maximum atomic E-state index is 12.9. The quantitative estimate of drug-likeness (QED) is 0.695. The van der Waals surface area contributed by atoms with Crippen molar-refractivity contribution in [1.82, 2.24) is 14.9 Å². The van der Waals surface area contributed by atoms with Crippen molar-refractivity contribution in [3.8, 4) is 0 Å². The Morgan fingerprint density at radius 1 is 1.07 bits per heavy atom. The van der Waals surface area contributed by atoms with Crippen LogP contribution in [0, 0.1) is 0 Å². The summed E-state index contributed by atoms with van der Waals surface area (Å²) >= 11 is 5.99. The summed E-state index contributed by atoms with van der Waals surface area (Å²) in [6.45, 7) is 2.92. The zero-order valence-corrected chi connectivity index (χ0v) is 16.1. The number of aromatic nitrogens is 2. The average Bonchev–Trinajstić information content (AvgIpc) is 2.68. The molecule has 5 nitrogen and oxygen atoms in total. The Kier molecular flexibility index (Phi) is 5.23. The Morgan fingerprint density at radius 3 is 2.55 bits per heavy atom. The standard InChI is InChI=1S/C20H18ClF3N4O/c21-14-4-5-16-17(11-14)25-18(26-19(16)29)12-27-6-8-28(9-7-27)15-3-1-2-13(10-15)20(22,23)24/h1-5,10-11H,6-9,12H2,(H,25,26,29). The van der Waals surface area contributed by atoms with E-state index in [2.05, 4.69) is 14.9 Å². The van der Waals surface area contributed by atoms with E-state index < -0.39 is 11.7 Å². The molecule has 0 saturated carbocycles. The van der Waals surface area contributed by atoms with Crippen LogP contribution in [-0.4, -0.2) is 41.0 Å². The van der Waals surface area contributed by atoms with Crippen LogP contribution in [0.3, 0.4) is 0 Å². The molecule has 2 aromatic carbocycles. The molecule has 1 aliphatic heterocycles. The van der Waals surface area contributed by atoms with Crippen LogP contribution in [0.5, 0.6) is 0 Å². The van der Waals surface area contributed by atoms with Crippen LogP contribution in [0.1, 0.15) is 11.4 Å². The molecule has 0 radical (unpaired) electrons. The topological polar surface area (TPSA) is 52.2 Å². The second-order valence-electron chi connectivity index (χ2n) is 6.99. The third kappa shape index (κ3) is 4.38. The zero-order valence-electron chi connectivity index (χ0n) is 15.3. The van der Waals surface area contributed by atoms with E-state index in [-0.39, 0.29) is 5.56 Å². The molecule has 2 heterocycles. The van der Waals surface area contributed by atoms with E-state index >= 15 is 0 Å². The second kappa shape index (κ2) is 7.68. The molecular formula is C20H18ClF3N4O. The first kappa shape index (κ1) is 19.7. The van der Waals surface area contributed by atoms with Crippen LogP contribution in [0.15, 0.2) is 47.3 Å². The fourth-order valence-electron chi connectivity index (χ4n) is 3.49. The van der Waals surface area contributed by atoms with Crippen LogP contribution >= 0.6 is 11.6 Å². The molecule has 29 heavy (non-hydrogen) atoms. The molecule has 3 aromatic rings. The maximum absolute atomic E-state index is 12.9. The Bertz CT molecular complexity index is 1090. The van der Waals surface area contributed by atoms with Crippen molar-refractivity contribution in [3.63, 3.8) is 0 Å². The molecule has 0 bridgehead atoms. The predicted molar refractivity (Wildman–Crippen MR) is 106 cm³/mol. The van der Waals surface area contributed by atoms with Gasteiger partial charge < -0.3 is 9.88 Å². The van der Waals surface area contributed by atoms with Crippen molar-refractivity contribution < 1.29 is 13.2 Å². The first-order chi connectivity index (χ1) is 13.8.